The third-order valence-electron chi connectivity index (χ3n) is 7.51. The fourth-order valence-electron chi connectivity index (χ4n) is 5.55. The van der Waals surface area contributed by atoms with E-state index in [0.29, 0.717) is 35.4 Å². The first kappa shape index (κ1) is 27.5. The number of carbonyl (C=O) groups excluding carboxylic acids is 2. The summed E-state index contributed by atoms with van der Waals surface area (Å²) in [5, 5.41) is 3.97. The predicted molar refractivity (Wildman–Crippen MR) is 165 cm³/mol. The number of nitrogens with one attached hydrogen (secondary N) is 2. The standard InChI is InChI=1S/C32H31N5O4S/c1-5-27(38)36-17-21(16-24(18-36)40-4)35-31(39)30-29-28-26(13-14-33-32(28)42-30)37(20(3)34-29)25-12-11-23(15-19(25)2)41-22-9-7-6-8-10-22/h5-15,21,24,34H,1,3,16-18H2,2,4H3,(H,35,39)/t21-,24+/m1/s1. The van der Waals surface area contributed by atoms with Crippen molar-refractivity contribution in [1.29, 1.82) is 0 Å². The molecule has 0 aliphatic carbocycles. The summed E-state index contributed by atoms with van der Waals surface area (Å²) in [4.78, 5) is 36.8. The number of hydrogen-bond acceptors (Lipinski definition) is 6. The number of thiophene rings is 1. The SMILES string of the molecule is C=CC(=O)N1C[C@H](NC(=O)c2sc3nccc4c3c2[nH]c(=C)n4-c2ccc(Oc3ccccc3)cc2C)C[C@H](OC)C1. The summed E-state index contributed by atoms with van der Waals surface area (Å²) in [7, 11) is 1.61. The van der Waals surface area contributed by atoms with Gasteiger partial charge in [-0.2, -0.15) is 0 Å². The molecule has 6 rings (SSSR count). The quantitative estimate of drug-likeness (QED) is 0.267. The van der Waals surface area contributed by atoms with E-state index in [1.54, 1.807) is 18.2 Å². The molecule has 1 aliphatic heterocycles. The van der Waals surface area contributed by atoms with Crippen LogP contribution < -0.4 is 15.5 Å². The van der Waals surface area contributed by atoms with Crippen LogP contribution >= 0.6 is 11.3 Å². The number of carbonyl (C=O) groups is 2. The molecule has 0 unspecified atom stereocenters. The van der Waals surface area contributed by atoms with Crippen LogP contribution in [-0.4, -0.2) is 63.6 Å². The van der Waals surface area contributed by atoms with Crippen molar-refractivity contribution in [1.82, 2.24) is 24.8 Å². The molecule has 3 aromatic heterocycles. The molecular formula is C32H31N5O4S. The van der Waals surface area contributed by atoms with E-state index in [0.717, 1.165) is 38.5 Å². The Labute approximate surface area is 246 Å². The molecule has 214 valence electrons. The Morgan fingerprint density at radius 1 is 1.14 bits per heavy atom. The number of aromatic amines is 1. The highest BCUT2D eigenvalue weighted by atomic mass is 32.1. The third kappa shape index (κ3) is 5.10. The highest BCUT2D eigenvalue weighted by Crippen LogP contribution is 2.34. The number of amides is 2. The van der Waals surface area contributed by atoms with Crippen LogP contribution in [0, 0.1) is 6.92 Å². The summed E-state index contributed by atoms with van der Waals surface area (Å²) in [6.07, 6.45) is 3.45. The van der Waals surface area contributed by atoms with E-state index in [1.807, 2.05) is 66.1 Å². The van der Waals surface area contributed by atoms with Gasteiger partial charge in [-0.15, -0.1) is 11.3 Å². The Morgan fingerprint density at radius 2 is 1.95 bits per heavy atom. The van der Waals surface area contributed by atoms with Crippen molar-refractivity contribution in [2.45, 2.75) is 25.5 Å². The van der Waals surface area contributed by atoms with Crippen LogP contribution in [-0.2, 0) is 9.53 Å². The van der Waals surface area contributed by atoms with Crippen molar-refractivity contribution in [3.63, 3.8) is 0 Å². The number of benzene rings is 2. The average Bonchev–Trinajstić information content (AvgIpc) is 3.37. The average molecular weight is 582 g/mol. The van der Waals surface area contributed by atoms with Gasteiger partial charge in [0.15, 0.2) is 0 Å². The minimum absolute atomic E-state index is 0.179. The number of aryl methyl sites for hydroxylation is 1. The van der Waals surface area contributed by atoms with E-state index < -0.39 is 0 Å². The molecule has 0 bridgehead atoms. The molecule has 2 atom stereocenters. The normalized spacial score (nSPS) is 17.0. The number of methoxy groups -OCH3 is 1. The van der Waals surface area contributed by atoms with Crippen LogP contribution in [0.15, 0.2) is 73.4 Å². The van der Waals surface area contributed by atoms with Gasteiger partial charge >= 0.3 is 0 Å². The number of para-hydroxylation sites is 1. The molecule has 2 N–H and O–H groups in total. The van der Waals surface area contributed by atoms with Gasteiger partial charge in [-0.1, -0.05) is 31.4 Å². The molecule has 1 fully saturated rings. The zero-order valence-electron chi connectivity index (χ0n) is 23.4. The summed E-state index contributed by atoms with van der Waals surface area (Å²) in [5.74, 6) is 1.08. The van der Waals surface area contributed by atoms with Gasteiger partial charge in [-0.3, -0.25) is 14.2 Å². The van der Waals surface area contributed by atoms with Gasteiger partial charge in [0.05, 0.1) is 28.2 Å². The largest absolute Gasteiger partial charge is 0.457 e. The van der Waals surface area contributed by atoms with Crippen LogP contribution in [0.3, 0.4) is 0 Å². The van der Waals surface area contributed by atoms with Gasteiger partial charge < -0.3 is 24.7 Å². The summed E-state index contributed by atoms with van der Waals surface area (Å²) in [6, 6.07) is 17.2. The predicted octanol–water partition coefficient (Wildman–Crippen LogP) is 4.89. The van der Waals surface area contributed by atoms with Crippen LogP contribution in [0.4, 0.5) is 0 Å². The fraction of sp³-hybridized carbons (Fsp3) is 0.219. The van der Waals surface area contributed by atoms with E-state index >= 15 is 0 Å². The lowest BCUT2D eigenvalue weighted by molar-refractivity contribution is -0.130. The molecule has 4 heterocycles. The maximum Gasteiger partial charge on any atom is 0.263 e. The zero-order valence-corrected chi connectivity index (χ0v) is 24.2. The molecular weight excluding hydrogens is 550 g/mol. The van der Waals surface area contributed by atoms with Crippen LogP contribution in [0.5, 0.6) is 11.5 Å². The number of nitrogens with zero attached hydrogens (tertiary/aromatic N) is 3. The number of aromatic nitrogens is 3. The summed E-state index contributed by atoms with van der Waals surface area (Å²) in [5.41, 5.74) is 4.10. The summed E-state index contributed by atoms with van der Waals surface area (Å²) in [6.45, 7) is 10.8. The first-order valence-electron chi connectivity index (χ1n) is 13.6. The topological polar surface area (TPSA) is 101 Å². The van der Waals surface area contributed by atoms with Crippen LogP contribution in [0.2, 0.25) is 0 Å². The van der Waals surface area contributed by atoms with Crippen LogP contribution in [0.1, 0.15) is 21.7 Å². The van der Waals surface area contributed by atoms with E-state index in [9.17, 15) is 9.59 Å². The lowest BCUT2D eigenvalue weighted by atomic mass is 10.0. The fourth-order valence-corrected chi connectivity index (χ4v) is 6.57. The van der Waals surface area contributed by atoms with Crippen LogP contribution in [0.25, 0.3) is 33.5 Å². The van der Waals surface area contributed by atoms with Gasteiger partial charge in [-0.05, 0) is 61.4 Å². The van der Waals surface area contributed by atoms with Gasteiger partial charge in [0, 0.05) is 32.4 Å². The van der Waals surface area contributed by atoms with Gasteiger partial charge in [0.25, 0.3) is 5.91 Å². The number of likely N-dealkylation sites (tertiary alicyclic amines) is 1. The second kappa shape index (κ2) is 11.3. The van der Waals surface area contributed by atoms with Gasteiger partial charge in [-0.25, -0.2) is 4.98 Å². The number of hydrogen-bond donors (Lipinski definition) is 2. The maximum absolute atomic E-state index is 13.6. The second-order valence-electron chi connectivity index (χ2n) is 10.3. The molecule has 0 radical (unpaired) electrons. The number of H-pyrrole nitrogens is 1. The minimum Gasteiger partial charge on any atom is -0.457 e. The Hall–Kier alpha value is -4.67. The molecule has 2 amide bonds. The smallest absolute Gasteiger partial charge is 0.263 e. The van der Waals surface area contributed by atoms with Crippen molar-refractivity contribution in [3.05, 3.63) is 89.4 Å². The van der Waals surface area contributed by atoms with E-state index in [-0.39, 0.29) is 24.0 Å². The first-order chi connectivity index (χ1) is 20.4. The van der Waals surface area contributed by atoms with Crippen molar-refractivity contribution in [2.24, 2.45) is 0 Å². The maximum atomic E-state index is 13.6. The summed E-state index contributed by atoms with van der Waals surface area (Å²) >= 11 is 1.32. The number of pyridine rings is 1. The zero-order chi connectivity index (χ0) is 29.4. The monoisotopic (exact) mass is 581 g/mol. The number of piperidine rings is 1. The highest BCUT2D eigenvalue weighted by molar-refractivity contribution is 7.21. The lowest BCUT2D eigenvalue weighted by Crippen LogP contribution is -2.54. The molecule has 1 aliphatic rings. The summed E-state index contributed by atoms with van der Waals surface area (Å²) < 4.78 is 13.6. The van der Waals surface area contributed by atoms with Crippen molar-refractivity contribution >= 4 is 51.0 Å². The number of rotatable bonds is 7. The minimum atomic E-state index is -0.271. The molecule has 2 aromatic carbocycles. The lowest BCUT2D eigenvalue weighted by Gasteiger charge is -2.36. The second-order valence-corrected chi connectivity index (χ2v) is 11.3. The van der Waals surface area contributed by atoms with Gasteiger partial charge in [0.1, 0.15) is 26.7 Å². The third-order valence-corrected chi connectivity index (χ3v) is 8.61. The Bertz CT molecular complexity index is 1870. The Kier molecular flexibility index (Phi) is 7.40. The molecule has 42 heavy (non-hydrogen) atoms. The van der Waals surface area contributed by atoms with Crippen molar-refractivity contribution in [3.8, 4) is 17.2 Å². The first-order valence-corrected chi connectivity index (χ1v) is 14.4. The Balaban J connectivity index is 1.34. The highest BCUT2D eigenvalue weighted by Gasteiger charge is 2.31. The molecule has 9 nitrogen and oxygen atoms in total. The Morgan fingerprint density at radius 3 is 2.69 bits per heavy atom. The molecule has 0 spiro atoms. The van der Waals surface area contributed by atoms with Gasteiger partial charge in [0.2, 0.25) is 5.91 Å². The van der Waals surface area contributed by atoms with E-state index in [2.05, 4.69) is 28.4 Å². The van der Waals surface area contributed by atoms with E-state index in [4.69, 9.17) is 9.47 Å². The van der Waals surface area contributed by atoms with Crippen molar-refractivity contribution < 1.29 is 19.1 Å². The van der Waals surface area contributed by atoms with E-state index in [1.165, 1.54) is 17.4 Å². The molecule has 1 saturated heterocycles. The molecule has 10 heteroatoms. The van der Waals surface area contributed by atoms with Crippen molar-refractivity contribution in [2.75, 3.05) is 20.2 Å². The molecule has 5 aromatic rings. The number of ether oxygens (including phenoxy) is 2. The molecule has 0 saturated carbocycles.